The number of benzene rings is 2. The minimum atomic E-state index is -0.699. The molecule has 2 atom stereocenters. The van der Waals surface area contributed by atoms with Crippen LogP contribution >= 0.6 is 0 Å². The Morgan fingerprint density at radius 1 is 0.800 bits per heavy atom. The molecule has 0 spiro atoms. The molecular formula is C17H15NO2. The van der Waals surface area contributed by atoms with E-state index in [9.17, 15) is 9.59 Å². The monoisotopic (exact) mass is 265 g/mol. The van der Waals surface area contributed by atoms with Gasteiger partial charge in [-0.25, -0.2) is 0 Å². The van der Waals surface area contributed by atoms with Crippen LogP contribution in [-0.4, -0.2) is 18.2 Å². The highest BCUT2D eigenvalue weighted by Gasteiger charge is 2.38. The number of piperidine rings is 1. The molecule has 1 aliphatic heterocycles. The second kappa shape index (κ2) is 5.29. The lowest BCUT2D eigenvalue weighted by atomic mass is 9.80. The van der Waals surface area contributed by atoms with Crippen LogP contribution < -0.4 is 5.32 Å². The molecule has 2 unspecified atom stereocenters. The summed E-state index contributed by atoms with van der Waals surface area (Å²) in [5, 5.41) is 2.85. The third kappa shape index (κ3) is 2.23. The summed E-state index contributed by atoms with van der Waals surface area (Å²) in [6, 6.07) is 18.8. The number of rotatable bonds is 2. The lowest BCUT2D eigenvalue weighted by Gasteiger charge is -2.28. The molecule has 1 N–H and O–H groups in total. The molecule has 1 heterocycles. The summed E-state index contributed by atoms with van der Waals surface area (Å²) in [7, 11) is 0. The SMILES string of the molecule is O=C1NCC(c2ccccc2)C(=O)C1c1ccccc1. The Balaban J connectivity index is 1.95. The van der Waals surface area contributed by atoms with Gasteiger partial charge in [0.25, 0.3) is 0 Å². The van der Waals surface area contributed by atoms with Gasteiger partial charge in [0.1, 0.15) is 5.92 Å². The van der Waals surface area contributed by atoms with Crippen molar-refractivity contribution in [2.75, 3.05) is 6.54 Å². The first-order chi connectivity index (χ1) is 9.77. The van der Waals surface area contributed by atoms with Gasteiger partial charge >= 0.3 is 0 Å². The van der Waals surface area contributed by atoms with Crippen LogP contribution in [0.1, 0.15) is 23.0 Å². The molecule has 3 nitrogen and oxygen atoms in total. The fraction of sp³-hybridized carbons (Fsp3) is 0.176. The number of nitrogens with one attached hydrogen (secondary N) is 1. The van der Waals surface area contributed by atoms with Gasteiger partial charge in [-0.15, -0.1) is 0 Å². The average molecular weight is 265 g/mol. The third-order valence-electron chi connectivity index (χ3n) is 3.71. The number of hydrogen-bond donors (Lipinski definition) is 1. The van der Waals surface area contributed by atoms with E-state index < -0.39 is 5.92 Å². The van der Waals surface area contributed by atoms with Crippen LogP contribution in [0.25, 0.3) is 0 Å². The Labute approximate surface area is 117 Å². The predicted octanol–water partition coefficient (Wildman–Crippen LogP) is 2.25. The maximum absolute atomic E-state index is 12.7. The first-order valence-electron chi connectivity index (χ1n) is 6.68. The highest BCUT2D eigenvalue weighted by atomic mass is 16.2. The molecule has 3 heteroatoms. The molecule has 1 amide bonds. The molecule has 2 aromatic rings. The summed E-state index contributed by atoms with van der Waals surface area (Å²) in [6.45, 7) is 0.380. The van der Waals surface area contributed by atoms with Crippen molar-refractivity contribution in [3.05, 3.63) is 71.8 Å². The summed E-state index contributed by atoms with van der Waals surface area (Å²) in [6.07, 6.45) is 0. The third-order valence-corrected chi connectivity index (χ3v) is 3.71. The second-order valence-electron chi connectivity index (χ2n) is 4.95. The minimum absolute atomic E-state index is 0.0221. The van der Waals surface area contributed by atoms with Crippen molar-refractivity contribution in [3.8, 4) is 0 Å². The van der Waals surface area contributed by atoms with Gasteiger partial charge in [0.15, 0.2) is 5.78 Å². The van der Waals surface area contributed by atoms with Crippen LogP contribution in [0.2, 0.25) is 0 Å². The van der Waals surface area contributed by atoms with E-state index in [0.717, 1.165) is 11.1 Å². The van der Waals surface area contributed by atoms with Crippen LogP contribution in [-0.2, 0) is 9.59 Å². The van der Waals surface area contributed by atoms with E-state index in [4.69, 9.17) is 0 Å². The largest absolute Gasteiger partial charge is 0.354 e. The van der Waals surface area contributed by atoms with E-state index in [-0.39, 0.29) is 17.6 Å². The van der Waals surface area contributed by atoms with Crippen LogP contribution in [0.5, 0.6) is 0 Å². The first-order valence-corrected chi connectivity index (χ1v) is 6.68. The zero-order valence-electron chi connectivity index (χ0n) is 11.0. The number of ketones is 1. The minimum Gasteiger partial charge on any atom is -0.354 e. The maximum Gasteiger partial charge on any atom is 0.235 e. The molecule has 0 aliphatic carbocycles. The normalized spacial score (nSPS) is 22.4. The quantitative estimate of drug-likeness (QED) is 0.847. The number of carbonyl (C=O) groups excluding carboxylic acids is 2. The molecule has 1 aliphatic rings. The Bertz CT molecular complexity index is 622. The molecule has 3 rings (SSSR count). The van der Waals surface area contributed by atoms with E-state index in [1.54, 1.807) is 0 Å². The highest BCUT2D eigenvalue weighted by molar-refractivity contribution is 6.11. The Morgan fingerprint density at radius 2 is 1.35 bits per heavy atom. The summed E-state index contributed by atoms with van der Waals surface area (Å²) < 4.78 is 0. The van der Waals surface area contributed by atoms with Gasteiger partial charge in [0.2, 0.25) is 5.91 Å². The first kappa shape index (κ1) is 12.6. The maximum atomic E-state index is 12.7. The Hall–Kier alpha value is -2.42. The Morgan fingerprint density at radius 3 is 1.95 bits per heavy atom. The van der Waals surface area contributed by atoms with Crippen molar-refractivity contribution < 1.29 is 9.59 Å². The van der Waals surface area contributed by atoms with Gasteiger partial charge < -0.3 is 5.32 Å². The summed E-state index contributed by atoms with van der Waals surface area (Å²) in [5.41, 5.74) is 1.72. The van der Waals surface area contributed by atoms with Crippen molar-refractivity contribution in [3.63, 3.8) is 0 Å². The molecule has 100 valence electrons. The highest BCUT2D eigenvalue weighted by Crippen LogP contribution is 2.29. The van der Waals surface area contributed by atoms with Gasteiger partial charge in [-0.2, -0.15) is 0 Å². The molecule has 20 heavy (non-hydrogen) atoms. The van der Waals surface area contributed by atoms with Gasteiger partial charge in [0.05, 0.1) is 5.92 Å². The summed E-state index contributed by atoms with van der Waals surface area (Å²) >= 11 is 0. The molecule has 0 saturated carbocycles. The van der Waals surface area contributed by atoms with Gasteiger partial charge in [-0.3, -0.25) is 9.59 Å². The predicted molar refractivity (Wildman–Crippen MR) is 76.4 cm³/mol. The molecule has 1 fully saturated rings. The Kier molecular flexibility index (Phi) is 3.33. The lowest BCUT2D eigenvalue weighted by Crippen LogP contribution is -2.45. The fourth-order valence-electron chi connectivity index (χ4n) is 2.66. The number of carbonyl (C=O) groups is 2. The molecule has 0 aromatic heterocycles. The van der Waals surface area contributed by atoms with Crippen LogP contribution in [0.4, 0.5) is 0 Å². The smallest absolute Gasteiger partial charge is 0.235 e. The zero-order valence-corrected chi connectivity index (χ0v) is 11.0. The van der Waals surface area contributed by atoms with Crippen molar-refractivity contribution in [1.29, 1.82) is 0 Å². The van der Waals surface area contributed by atoms with Crippen molar-refractivity contribution in [2.24, 2.45) is 0 Å². The molecule has 1 saturated heterocycles. The van der Waals surface area contributed by atoms with E-state index in [1.165, 1.54) is 0 Å². The summed E-state index contributed by atoms with van der Waals surface area (Å²) in [4.78, 5) is 24.7. The fourth-order valence-corrected chi connectivity index (χ4v) is 2.66. The van der Waals surface area contributed by atoms with Crippen LogP contribution in [0, 0.1) is 0 Å². The van der Waals surface area contributed by atoms with E-state index in [1.807, 2.05) is 60.7 Å². The lowest BCUT2D eigenvalue weighted by molar-refractivity contribution is -0.134. The molecule has 0 bridgehead atoms. The zero-order chi connectivity index (χ0) is 13.9. The van der Waals surface area contributed by atoms with Gasteiger partial charge in [0, 0.05) is 6.54 Å². The molecule has 2 aromatic carbocycles. The topological polar surface area (TPSA) is 46.2 Å². The van der Waals surface area contributed by atoms with Crippen molar-refractivity contribution in [1.82, 2.24) is 5.32 Å². The molecular weight excluding hydrogens is 250 g/mol. The summed E-state index contributed by atoms with van der Waals surface area (Å²) in [5.74, 6) is -1.19. The van der Waals surface area contributed by atoms with Gasteiger partial charge in [-0.05, 0) is 11.1 Å². The molecule has 0 radical (unpaired) electrons. The van der Waals surface area contributed by atoms with E-state index in [2.05, 4.69) is 5.32 Å². The second-order valence-corrected chi connectivity index (χ2v) is 4.95. The number of Topliss-reactive ketones (excluding diaryl/α,β-unsaturated/α-hetero) is 1. The van der Waals surface area contributed by atoms with Crippen molar-refractivity contribution in [2.45, 2.75) is 11.8 Å². The number of amides is 1. The van der Waals surface area contributed by atoms with E-state index in [0.29, 0.717) is 6.54 Å². The van der Waals surface area contributed by atoms with Crippen LogP contribution in [0.3, 0.4) is 0 Å². The van der Waals surface area contributed by atoms with Gasteiger partial charge in [-0.1, -0.05) is 60.7 Å². The van der Waals surface area contributed by atoms with Crippen molar-refractivity contribution >= 4 is 11.7 Å². The average Bonchev–Trinajstić information content (AvgIpc) is 2.49. The number of hydrogen-bond acceptors (Lipinski definition) is 2. The van der Waals surface area contributed by atoms with E-state index >= 15 is 0 Å². The standard InChI is InChI=1S/C17H15NO2/c19-16-14(12-7-3-1-4-8-12)11-18-17(20)15(16)13-9-5-2-6-10-13/h1-10,14-15H,11H2,(H,18,20). The van der Waals surface area contributed by atoms with Crippen LogP contribution in [0.15, 0.2) is 60.7 Å².